The molecule has 0 spiro atoms. The second-order valence-corrected chi connectivity index (χ2v) is 8.72. The summed E-state index contributed by atoms with van der Waals surface area (Å²) in [5.41, 5.74) is 8.08. The number of carbonyl (C=O) groups is 1. The number of carbonyl (C=O) groups excluding carboxylic acids is 1. The average molecular weight is 419 g/mol. The molecule has 6 heteroatoms. The zero-order chi connectivity index (χ0) is 22.0. The first-order valence-corrected chi connectivity index (χ1v) is 11.0. The van der Waals surface area contributed by atoms with Gasteiger partial charge in [0.1, 0.15) is 11.6 Å². The van der Waals surface area contributed by atoms with E-state index in [1.54, 1.807) is 12.1 Å². The van der Waals surface area contributed by atoms with Crippen LogP contribution in [0.15, 0.2) is 42.5 Å². The van der Waals surface area contributed by atoms with Crippen LogP contribution in [0.4, 0.5) is 5.82 Å². The molecule has 3 N–H and O–H groups in total. The Morgan fingerprint density at radius 3 is 2.65 bits per heavy atom. The van der Waals surface area contributed by atoms with E-state index in [1.807, 2.05) is 19.1 Å². The number of aryl methyl sites for hydroxylation is 1. The first kappa shape index (κ1) is 21.1. The van der Waals surface area contributed by atoms with Crippen molar-refractivity contribution < 1.29 is 9.90 Å². The summed E-state index contributed by atoms with van der Waals surface area (Å²) in [6.45, 7) is 5.79. The fourth-order valence-electron chi connectivity index (χ4n) is 4.31. The van der Waals surface area contributed by atoms with Crippen molar-refractivity contribution >= 4 is 22.6 Å². The minimum Gasteiger partial charge on any atom is -0.507 e. The van der Waals surface area contributed by atoms with Crippen LogP contribution in [0, 0.1) is 18.8 Å². The third kappa shape index (κ3) is 4.63. The molecule has 162 valence electrons. The maximum Gasteiger partial charge on any atom is 0.220 e. The Balaban J connectivity index is 1.60. The number of hydrogen-bond acceptors (Lipinski definition) is 5. The number of hydrogen-bond donors (Lipinski definition) is 2. The van der Waals surface area contributed by atoms with Crippen LogP contribution in [0.5, 0.6) is 5.75 Å². The smallest absolute Gasteiger partial charge is 0.220 e. The summed E-state index contributed by atoms with van der Waals surface area (Å²) >= 11 is 0. The normalized spacial score (nSPS) is 15.9. The Hall–Kier alpha value is -3.15. The molecule has 1 aliphatic heterocycles. The van der Waals surface area contributed by atoms with Gasteiger partial charge < -0.3 is 15.7 Å². The van der Waals surface area contributed by atoms with Crippen molar-refractivity contribution in [1.82, 2.24) is 9.97 Å². The van der Waals surface area contributed by atoms with Gasteiger partial charge in [0.25, 0.3) is 0 Å². The van der Waals surface area contributed by atoms with Gasteiger partial charge in [-0.15, -0.1) is 0 Å². The van der Waals surface area contributed by atoms with Crippen LogP contribution in [0.3, 0.4) is 0 Å². The number of amides is 1. The Morgan fingerprint density at radius 1 is 1.19 bits per heavy atom. The summed E-state index contributed by atoms with van der Waals surface area (Å²) in [5, 5.41) is 11.4. The number of aromatic hydroxyl groups is 1. The molecule has 0 radical (unpaired) electrons. The molecule has 0 saturated carbocycles. The molecule has 0 bridgehead atoms. The summed E-state index contributed by atoms with van der Waals surface area (Å²) in [4.78, 5) is 23.3. The molecule has 1 atom stereocenters. The lowest BCUT2D eigenvalue weighted by Crippen LogP contribution is -2.35. The van der Waals surface area contributed by atoms with Crippen LogP contribution < -0.4 is 10.6 Å². The van der Waals surface area contributed by atoms with Gasteiger partial charge in [0.2, 0.25) is 5.91 Å². The zero-order valence-electron chi connectivity index (χ0n) is 18.2. The maximum atomic E-state index is 11.3. The Morgan fingerprint density at radius 2 is 1.94 bits per heavy atom. The number of phenols is 1. The monoisotopic (exact) mass is 418 g/mol. The third-order valence-corrected chi connectivity index (χ3v) is 6.38. The van der Waals surface area contributed by atoms with Gasteiger partial charge in [0.05, 0.1) is 11.1 Å². The first-order valence-electron chi connectivity index (χ1n) is 11.0. The minimum atomic E-state index is -0.211. The van der Waals surface area contributed by atoms with E-state index >= 15 is 0 Å². The Kier molecular flexibility index (Phi) is 6.07. The SMILES string of the molecule is Cc1ccc2c(N3CCC(CCC(C)C(N)=O)CC3)nc(-c3ccccc3O)nc2c1. The average Bonchev–Trinajstić information content (AvgIpc) is 2.77. The lowest BCUT2D eigenvalue weighted by Gasteiger charge is -2.34. The lowest BCUT2D eigenvalue weighted by atomic mass is 9.89. The lowest BCUT2D eigenvalue weighted by molar-refractivity contribution is -0.121. The number of phenolic OH excluding ortho intramolecular Hbond substituents is 1. The van der Waals surface area contributed by atoms with E-state index in [1.165, 1.54) is 0 Å². The fourth-order valence-corrected chi connectivity index (χ4v) is 4.31. The second kappa shape index (κ2) is 8.92. The number of nitrogens with two attached hydrogens (primary N) is 1. The van der Waals surface area contributed by atoms with Crippen LogP contribution in [-0.2, 0) is 4.79 Å². The number of primary amides is 1. The van der Waals surface area contributed by atoms with Crippen LogP contribution in [0.2, 0.25) is 0 Å². The topological polar surface area (TPSA) is 92.3 Å². The van der Waals surface area contributed by atoms with Gasteiger partial charge in [0.15, 0.2) is 5.82 Å². The van der Waals surface area contributed by atoms with Crippen molar-refractivity contribution in [3.8, 4) is 17.1 Å². The molecule has 1 unspecified atom stereocenters. The molecule has 2 aromatic carbocycles. The predicted molar refractivity (Wildman–Crippen MR) is 124 cm³/mol. The van der Waals surface area contributed by atoms with E-state index in [2.05, 4.69) is 30.0 Å². The summed E-state index contributed by atoms with van der Waals surface area (Å²) in [6.07, 6.45) is 4.02. The van der Waals surface area contributed by atoms with Gasteiger partial charge in [0, 0.05) is 24.4 Å². The highest BCUT2D eigenvalue weighted by Crippen LogP contribution is 2.34. The van der Waals surface area contributed by atoms with Crippen molar-refractivity contribution in [2.75, 3.05) is 18.0 Å². The number of para-hydroxylation sites is 1. The van der Waals surface area contributed by atoms with Crippen molar-refractivity contribution in [2.45, 2.75) is 39.5 Å². The van der Waals surface area contributed by atoms with E-state index in [4.69, 9.17) is 15.7 Å². The molecule has 1 fully saturated rings. The number of aromatic nitrogens is 2. The molecule has 6 nitrogen and oxygen atoms in total. The fraction of sp³-hybridized carbons (Fsp3) is 0.400. The van der Waals surface area contributed by atoms with Gasteiger partial charge in [-0.3, -0.25) is 4.79 Å². The standard InChI is InChI=1S/C25H30N4O2/c1-16-7-10-19-21(15-16)27-24(20-5-3-4-6-22(20)30)28-25(19)29-13-11-18(12-14-29)9-8-17(2)23(26)31/h3-7,10,15,17-18,30H,8-9,11-14H2,1-2H3,(H2,26,31). The number of benzene rings is 2. The predicted octanol–water partition coefficient (Wildman–Crippen LogP) is 4.43. The number of fused-ring (bicyclic) bond motifs is 1. The van der Waals surface area contributed by atoms with Gasteiger partial charge in [-0.2, -0.15) is 0 Å². The molecule has 0 aliphatic carbocycles. The van der Waals surface area contributed by atoms with E-state index in [-0.39, 0.29) is 17.6 Å². The quantitative estimate of drug-likeness (QED) is 0.618. The second-order valence-electron chi connectivity index (χ2n) is 8.72. The number of anilines is 1. The van der Waals surface area contributed by atoms with E-state index < -0.39 is 0 Å². The molecular formula is C25H30N4O2. The highest BCUT2D eigenvalue weighted by Gasteiger charge is 2.24. The molecule has 1 aliphatic rings. The zero-order valence-corrected chi connectivity index (χ0v) is 18.2. The Bertz CT molecular complexity index is 1090. The van der Waals surface area contributed by atoms with Crippen LogP contribution in [-0.4, -0.2) is 34.1 Å². The maximum absolute atomic E-state index is 11.3. The molecule has 1 aromatic heterocycles. The minimum absolute atomic E-state index is 0.0619. The molecule has 1 amide bonds. The molecule has 31 heavy (non-hydrogen) atoms. The first-order chi connectivity index (χ1) is 14.9. The van der Waals surface area contributed by atoms with E-state index in [9.17, 15) is 9.90 Å². The Labute approximate surface area is 183 Å². The number of nitrogens with zero attached hydrogens (tertiary/aromatic N) is 3. The summed E-state index contributed by atoms with van der Waals surface area (Å²) in [6, 6.07) is 13.5. The largest absolute Gasteiger partial charge is 0.507 e. The van der Waals surface area contributed by atoms with Crippen molar-refractivity contribution in [3.05, 3.63) is 48.0 Å². The number of piperidine rings is 1. The van der Waals surface area contributed by atoms with Gasteiger partial charge in [-0.25, -0.2) is 9.97 Å². The summed E-state index contributed by atoms with van der Waals surface area (Å²) < 4.78 is 0. The van der Waals surface area contributed by atoms with Crippen molar-refractivity contribution in [3.63, 3.8) is 0 Å². The van der Waals surface area contributed by atoms with Crippen LogP contribution >= 0.6 is 0 Å². The van der Waals surface area contributed by atoms with Gasteiger partial charge in [-0.05, 0) is 68.4 Å². The summed E-state index contributed by atoms with van der Waals surface area (Å²) in [7, 11) is 0. The third-order valence-electron chi connectivity index (χ3n) is 6.38. The summed E-state index contributed by atoms with van der Waals surface area (Å²) in [5.74, 6) is 1.98. The van der Waals surface area contributed by atoms with E-state index in [0.717, 1.165) is 61.1 Å². The highest BCUT2D eigenvalue weighted by molar-refractivity contribution is 5.92. The van der Waals surface area contributed by atoms with Crippen LogP contribution in [0.1, 0.15) is 38.2 Å². The van der Waals surface area contributed by atoms with Gasteiger partial charge >= 0.3 is 0 Å². The van der Waals surface area contributed by atoms with Crippen LogP contribution in [0.25, 0.3) is 22.3 Å². The van der Waals surface area contributed by atoms with Gasteiger partial charge in [-0.1, -0.05) is 25.1 Å². The number of rotatable bonds is 6. The highest BCUT2D eigenvalue weighted by atomic mass is 16.3. The van der Waals surface area contributed by atoms with Crippen molar-refractivity contribution in [1.29, 1.82) is 0 Å². The molecule has 3 aromatic rings. The molecular weight excluding hydrogens is 388 g/mol. The molecule has 4 rings (SSSR count). The van der Waals surface area contributed by atoms with E-state index in [0.29, 0.717) is 17.3 Å². The molecule has 2 heterocycles. The van der Waals surface area contributed by atoms with Crippen molar-refractivity contribution in [2.24, 2.45) is 17.6 Å². The molecule has 1 saturated heterocycles.